The molecule has 6 nitrogen and oxygen atoms in total. The highest BCUT2D eigenvalue weighted by molar-refractivity contribution is 7.99. The number of benzene rings is 2. The van der Waals surface area contributed by atoms with Crippen molar-refractivity contribution in [3.63, 3.8) is 0 Å². The van der Waals surface area contributed by atoms with Gasteiger partial charge >= 0.3 is 0 Å². The predicted octanol–water partition coefficient (Wildman–Crippen LogP) is 4.69. The number of hydrogen-bond donors (Lipinski definition) is 1. The van der Waals surface area contributed by atoms with Crippen molar-refractivity contribution in [2.75, 3.05) is 5.75 Å². The van der Waals surface area contributed by atoms with Gasteiger partial charge < -0.3 is 4.98 Å². The number of carbonyl (C=O) groups is 1. The van der Waals surface area contributed by atoms with Crippen LogP contribution in [0.25, 0.3) is 6.08 Å². The van der Waals surface area contributed by atoms with E-state index in [0.717, 1.165) is 36.1 Å². The number of nitrogens with one attached hydrogen (secondary N) is 1. The molecule has 2 heterocycles. The molecule has 1 fully saturated rings. The molecular weight excluding hydrogens is 432 g/mol. The fraction of sp³-hybridized carbons (Fsp3) is 0.231. The van der Waals surface area contributed by atoms with Gasteiger partial charge in [0.15, 0.2) is 5.16 Å². The lowest BCUT2D eigenvalue weighted by Gasteiger charge is -2.29. The van der Waals surface area contributed by atoms with E-state index in [4.69, 9.17) is 5.10 Å². The first-order valence-electron chi connectivity index (χ1n) is 11.1. The molecule has 1 N–H and O–H groups in total. The number of hydrogen-bond acceptors (Lipinski definition) is 5. The number of H-pyrrole nitrogens is 1. The first-order chi connectivity index (χ1) is 16.2. The number of allylic oxidation sites excluding steroid dienone is 1. The molecule has 2 unspecified atom stereocenters. The summed E-state index contributed by atoms with van der Waals surface area (Å²) in [6.45, 7) is 0. The van der Waals surface area contributed by atoms with Crippen molar-refractivity contribution < 1.29 is 4.79 Å². The van der Waals surface area contributed by atoms with Gasteiger partial charge in [-0.3, -0.25) is 9.59 Å². The number of hydrazone groups is 1. The smallest absolute Gasteiger partial charge is 0.253 e. The number of nitrogens with zero attached hydrogens (tertiary/aromatic N) is 3. The van der Waals surface area contributed by atoms with Crippen LogP contribution < -0.4 is 5.56 Å². The zero-order valence-corrected chi connectivity index (χ0v) is 18.9. The molecule has 2 aromatic carbocycles. The summed E-state index contributed by atoms with van der Waals surface area (Å²) in [4.78, 5) is 31.7. The highest BCUT2D eigenvalue weighted by Crippen LogP contribution is 2.44. The lowest BCUT2D eigenvalue weighted by molar-refractivity contribution is -0.130. The molecule has 33 heavy (non-hydrogen) atoms. The molecule has 166 valence electrons. The Hall–Kier alpha value is -3.45. The van der Waals surface area contributed by atoms with Crippen LogP contribution >= 0.6 is 11.8 Å². The Kier molecular flexibility index (Phi) is 6.21. The molecule has 3 aromatic rings. The average Bonchev–Trinajstić information content (AvgIpc) is 3.25. The van der Waals surface area contributed by atoms with E-state index in [1.807, 2.05) is 36.4 Å². The summed E-state index contributed by atoms with van der Waals surface area (Å²) < 4.78 is 0. The molecule has 1 aliphatic carbocycles. The van der Waals surface area contributed by atoms with Gasteiger partial charge in [-0.1, -0.05) is 72.4 Å². The number of carbonyl (C=O) groups excluding carboxylic acids is 1. The van der Waals surface area contributed by atoms with Crippen LogP contribution in [0, 0.1) is 5.92 Å². The number of rotatable bonds is 5. The molecule has 1 aromatic heterocycles. The summed E-state index contributed by atoms with van der Waals surface area (Å²) in [5.41, 5.74) is 4.22. The van der Waals surface area contributed by atoms with Gasteiger partial charge in [-0.25, -0.2) is 9.99 Å². The van der Waals surface area contributed by atoms with Gasteiger partial charge in [0, 0.05) is 18.2 Å². The van der Waals surface area contributed by atoms with Crippen LogP contribution in [0.3, 0.4) is 0 Å². The number of aromatic nitrogens is 2. The first-order valence-corrected chi connectivity index (χ1v) is 12.1. The minimum absolute atomic E-state index is 0.0960. The summed E-state index contributed by atoms with van der Waals surface area (Å²) in [6.07, 6.45) is 6.67. The van der Waals surface area contributed by atoms with Crippen LogP contribution in [-0.4, -0.2) is 32.3 Å². The summed E-state index contributed by atoms with van der Waals surface area (Å²) >= 11 is 1.22. The Bertz CT molecular complexity index is 1250. The van der Waals surface area contributed by atoms with E-state index >= 15 is 0 Å². The average molecular weight is 457 g/mol. The van der Waals surface area contributed by atoms with E-state index in [0.29, 0.717) is 5.16 Å². The fourth-order valence-electron chi connectivity index (χ4n) is 4.56. The molecular formula is C26H24N4O2S. The number of amides is 1. The molecule has 0 saturated heterocycles. The van der Waals surface area contributed by atoms with Crippen molar-refractivity contribution in [1.82, 2.24) is 15.0 Å². The number of fused-ring (bicyclic) bond motifs is 1. The van der Waals surface area contributed by atoms with Gasteiger partial charge in [0.2, 0.25) is 0 Å². The molecule has 0 spiro atoms. The van der Waals surface area contributed by atoms with Gasteiger partial charge in [-0.2, -0.15) is 5.10 Å². The lowest BCUT2D eigenvalue weighted by atomic mass is 9.77. The maximum atomic E-state index is 13.4. The normalized spacial score (nSPS) is 21.0. The van der Waals surface area contributed by atoms with Crippen LogP contribution in [0.4, 0.5) is 0 Å². The van der Waals surface area contributed by atoms with E-state index in [2.05, 4.69) is 40.3 Å². The van der Waals surface area contributed by atoms with Crippen LogP contribution in [0.15, 0.2) is 93.6 Å². The van der Waals surface area contributed by atoms with Crippen molar-refractivity contribution in [3.05, 3.63) is 100.0 Å². The third-order valence-electron chi connectivity index (χ3n) is 6.02. The Balaban J connectivity index is 1.46. The van der Waals surface area contributed by atoms with Crippen LogP contribution in [0.5, 0.6) is 0 Å². The van der Waals surface area contributed by atoms with Gasteiger partial charge in [-0.05, 0) is 42.0 Å². The molecule has 1 saturated carbocycles. The third kappa shape index (κ3) is 4.68. The second kappa shape index (κ2) is 9.58. The van der Waals surface area contributed by atoms with Gasteiger partial charge in [-0.15, -0.1) is 0 Å². The number of aromatic amines is 1. The minimum Gasteiger partial charge on any atom is -0.301 e. The molecule has 1 aliphatic heterocycles. The Labute approximate surface area is 196 Å². The lowest BCUT2D eigenvalue weighted by Crippen LogP contribution is -2.32. The van der Waals surface area contributed by atoms with E-state index in [9.17, 15) is 9.59 Å². The Morgan fingerprint density at radius 3 is 2.61 bits per heavy atom. The van der Waals surface area contributed by atoms with Crippen molar-refractivity contribution in [1.29, 1.82) is 0 Å². The Morgan fingerprint density at radius 2 is 1.85 bits per heavy atom. The molecule has 1 amide bonds. The quantitative estimate of drug-likeness (QED) is 0.446. The van der Waals surface area contributed by atoms with Crippen LogP contribution in [0.1, 0.15) is 36.4 Å². The van der Waals surface area contributed by atoms with Gasteiger partial charge in [0.25, 0.3) is 11.5 Å². The monoisotopic (exact) mass is 456 g/mol. The third-order valence-corrected chi connectivity index (χ3v) is 6.89. The van der Waals surface area contributed by atoms with Crippen LogP contribution in [-0.2, 0) is 4.79 Å². The molecule has 7 heteroatoms. The molecule has 2 aliphatic rings. The van der Waals surface area contributed by atoms with Crippen LogP contribution in [0.2, 0.25) is 0 Å². The van der Waals surface area contributed by atoms with E-state index < -0.39 is 0 Å². The SMILES string of the molecule is O=C(CSc1nccc(=O)[nH]1)N1N=C2/C(=C/c3ccccc3)CCCC2C1c1ccccc1. The van der Waals surface area contributed by atoms with Gasteiger partial charge in [0.05, 0.1) is 17.5 Å². The number of thioether (sulfide) groups is 1. The van der Waals surface area contributed by atoms with Crippen molar-refractivity contribution in [3.8, 4) is 0 Å². The second-order valence-electron chi connectivity index (χ2n) is 8.19. The maximum absolute atomic E-state index is 13.4. The minimum atomic E-state index is -0.231. The van der Waals surface area contributed by atoms with E-state index in [-0.39, 0.29) is 29.2 Å². The molecule has 5 rings (SSSR count). The first kappa shape index (κ1) is 21.4. The standard InChI is InChI=1S/C26H24N4O2S/c31-22-14-15-27-26(28-22)33-17-23(32)30-25(19-10-5-2-6-11-19)21-13-7-12-20(24(21)29-30)16-18-8-3-1-4-9-18/h1-6,8-11,14-16,21,25H,7,12-13,17H2,(H,27,28,31)/b20-16+. The molecule has 0 bridgehead atoms. The highest BCUT2D eigenvalue weighted by Gasteiger charge is 2.43. The summed E-state index contributed by atoms with van der Waals surface area (Å²) in [5, 5.41) is 6.99. The van der Waals surface area contributed by atoms with Crippen molar-refractivity contribution in [2.45, 2.75) is 30.5 Å². The zero-order valence-electron chi connectivity index (χ0n) is 18.1. The highest BCUT2D eigenvalue weighted by atomic mass is 32.2. The zero-order chi connectivity index (χ0) is 22.6. The fourth-order valence-corrected chi connectivity index (χ4v) is 5.26. The summed E-state index contributed by atoms with van der Waals surface area (Å²) in [7, 11) is 0. The summed E-state index contributed by atoms with van der Waals surface area (Å²) in [6, 6.07) is 21.6. The molecule has 2 atom stereocenters. The predicted molar refractivity (Wildman–Crippen MR) is 131 cm³/mol. The van der Waals surface area contributed by atoms with Crippen molar-refractivity contribution >= 4 is 29.5 Å². The molecule has 0 radical (unpaired) electrons. The van der Waals surface area contributed by atoms with Gasteiger partial charge in [0.1, 0.15) is 0 Å². The summed E-state index contributed by atoms with van der Waals surface area (Å²) in [5.74, 6) is 0.221. The topological polar surface area (TPSA) is 78.4 Å². The van der Waals surface area contributed by atoms with E-state index in [1.165, 1.54) is 29.6 Å². The Morgan fingerprint density at radius 1 is 1.09 bits per heavy atom. The maximum Gasteiger partial charge on any atom is 0.253 e. The van der Waals surface area contributed by atoms with E-state index in [1.54, 1.807) is 5.01 Å². The van der Waals surface area contributed by atoms with Crippen molar-refractivity contribution in [2.24, 2.45) is 11.0 Å². The second-order valence-corrected chi connectivity index (χ2v) is 9.15. The largest absolute Gasteiger partial charge is 0.301 e.